The molecule has 4 nitrogen and oxygen atoms in total. The van der Waals surface area contributed by atoms with Crippen LogP contribution in [0.5, 0.6) is 0 Å². The molecule has 72 valence electrons. The van der Waals surface area contributed by atoms with Crippen molar-refractivity contribution in [2.24, 2.45) is 0 Å². The van der Waals surface area contributed by atoms with E-state index in [1.807, 2.05) is 0 Å². The Bertz CT molecular complexity index is 180. The molecule has 0 aliphatic rings. The Hall–Kier alpha value is 0.260. The second-order valence-electron chi connectivity index (χ2n) is 2.03. The molecule has 0 aromatic heterocycles. The highest BCUT2D eigenvalue weighted by molar-refractivity contribution is 6.52. The number of carbonyl (C=O) groups is 1. The van der Waals surface area contributed by atoms with E-state index >= 15 is 0 Å². The number of esters is 1. The summed E-state index contributed by atoms with van der Waals surface area (Å²) in [6, 6.07) is 0. The van der Waals surface area contributed by atoms with Gasteiger partial charge in [0.25, 0.3) is 0 Å². The van der Waals surface area contributed by atoms with Gasteiger partial charge in [-0.1, -0.05) is 34.8 Å². The molecule has 0 saturated carbocycles. The van der Waals surface area contributed by atoms with Crippen LogP contribution in [0.15, 0.2) is 0 Å². The first-order valence-electron chi connectivity index (χ1n) is 2.82. The molecule has 0 aliphatic heterocycles. The van der Waals surface area contributed by atoms with Crippen molar-refractivity contribution in [1.29, 1.82) is 0 Å². The summed E-state index contributed by atoms with van der Waals surface area (Å²) in [4.78, 5) is 10.4. The molecule has 1 unspecified atom stereocenters. The Labute approximate surface area is 84.0 Å². The molecule has 0 heterocycles. The predicted molar refractivity (Wildman–Crippen MR) is 44.1 cm³/mol. The summed E-state index contributed by atoms with van der Waals surface area (Å²) in [7, 11) is 0. The lowest BCUT2D eigenvalue weighted by atomic mass is 10.4. The van der Waals surface area contributed by atoms with Gasteiger partial charge in [-0.05, 0) is 0 Å². The smallest absolute Gasteiger partial charge is 0.306 e. The maximum absolute atomic E-state index is 10.4. The second kappa shape index (κ2) is 3.98. The Kier molecular flexibility index (Phi) is 4.07. The van der Waals surface area contributed by atoms with Crippen LogP contribution in [-0.2, 0) is 9.53 Å². The summed E-state index contributed by atoms with van der Waals surface area (Å²) in [5.74, 6) is -0.826. The van der Waals surface area contributed by atoms with Crippen LogP contribution in [-0.4, -0.2) is 32.4 Å². The molecule has 2 N–H and O–H groups in total. The van der Waals surface area contributed by atoms with Gasteiger partial charge in [-0.2, -0.15) is 0 Å². The summed E-state index contributed by atoms with van der Waals surface area (Å²) in [6.45, 7) is 0.0820. The van der Waals surface area contributed by atoms with Gasteiger partial charge < -0.3 is 14.9 Å². The molecule has 0 aliphatic carbocycles. The van der Waals surface area contributed by atoms with Gasteiger partial charge in [0, 0.05) is 6.92 Å². The lowest BCUT2D eigenvalue weighted by Gasteiger charge is -2.30. The highest BCUT2D eigenvalue weighted by atomic mass is 35.5. The average molecular weight is 237 g/mol. The van der Waals surface area contributed by atoms with Crippen molar-refractivity contribution < 1.29 is 19.7 Å². The van der Waals surface area contributed by atoms with Crippen LogP contribution >= 0.6 is 34.8 Å². The van der Waals surface area contributed by atoms with Crippen LogP contribution in [0.1, 0.15) is 6.92 Å². The number of hydrogen-bond donors (Lipinski definition) is 2. The molecule has 0 aromatic carbocycles. The average Bonchev–Trinajstić information content (AvgIpc) is 1.84. The third-order valence-electron chi connectivity index (χ3n) is 0.927. The molecule has 0 spiro atoms. The van der Waals surface area contributed by atoms with Crippen LogP contribution < -0.4 is 0 Å². The van der Waals surface area contributed by atoms with Crippen LogP contribution in [0.2, 0.25) is 0 Å². The first-order chi connectivity index (χ1) is 5.23. The maximum Gasteiger partial charge on any atom is 0.306 e. The Morgan fingerprint density at radius 2 is 1.92 bits per heavy atom. The van der Waals surface area contributed by atoms with E-state index in [0.29, 0.717) is 0 Å². The summed E-state index contributed by atoms with van der Waals surface area (Å²) in [5, 5.41) is 15.2. The van der Waals surface area contributed by atoms with Crippen LogP contribution in [0, 0.1) is 0 Å². The lowest BCUT2D eigenvalue weighted by molar-refractivity contribution is -0.154. The van der Waals surface area contributed by atoms with Crippen LogP contribution in [0.25, 0.3) is 0 Å². The quantitative estimate of drug-likeness (QED) is 0.557. The predicted octanol–water partition coefficient (Wildman–Crippen LogP) is 0.601. The van der Waals surface area contributed by atoms with Crippen molar-refractivity contribution in [2.45, 2.75) is 16.5 Å². The molecule has 0 amide bonds. The molecule has 0 radical (unpaired) electrons. The van der Waals surface area contributed by atoms with E-state index < -0.39 is 22.2 Å². The summed E-state index contributed by atoms with van der Waals surface area (Å²) in [6.07, 6.45) is 0. The van der Waals surface area contributed by atoms with E-state index in [-0.39, 0.29) is 0 Å². The number of ether oxygens (including phenoxy) is 1. The molecule has 0 bridgehead atoms. The third-order valence-corrected chi connectivity index (χ3v) is 2.29. The van der Waals surface area contributed by atoms with E-state index in [0.717, 1.165) is 6.92 Å². The first kappa shape index (κ1) is 12.3. The lowest BCUT2D eigenvalue weighted by Crippen LogP contribution is -2.47. The van der Waals surface area contributed by atoms with Crippen molar-refractivity contribution in [3.05, 3.63) is 0 Å². The van der Waals surface area contributed by atoms with E-state index in [2.05, 4.69) is 4.74 Å². The van der Waals surface area contributed by atoms with Crippen LogP contribution in [0.4, 0.5) is 0 Å². The number of carbonyl (C=O) groups excluding carboxylic acids is 1. The Balaban J connectivity index is 4.48. The third kappa shape index (κ3) is 2.95. The minimum Gasteiger partial charge on any atom is -0.424 e. The fraction of sp³-hybridized carbons (Fsp3) is 0.800. The normalized spacial score (nSPS) is 16.8. The van der Waals surface area contributed by atoms with Gasteiger partial charge in [0.15, 0.2) is 0 Å². The van der Waals surface area contributed by atoms with Gasteiger partial charge in [0.2, 0.25) is 5.06 Å². The largest absolute Gasteiger partial charge is 0.424 e. The second-order valence-corrected chi connectivity index (χ2v) is 3.91. The van der Waals surface area contributed by atoms with Crippen molar-refractivity contribution in [3.63, 3.8) is 0 Å². The summed E-state index contributed by atoms with van der Waals surface area (Å²) >= 11 is 15.8. The topological polar surface area (TPSA) is 66.8 Å². The van der Waals surface area contributed by atoms with Gasteiger partial charge >= 0.3 is 10.5 Å². The van der Waals surface area contributed by atoms with Gasteiger partial charge in [-0.3, -0.25) is 4.79 Å². The molecule has 1 atom stereocenters. The summed E-state index contributed by atoms with van der Waals surface area (Å²) < 4.78 is 1.88. The Morgan fingerprint density at radius 3 is 2.17 bits per heavy atom. The molecule has 0 rings (SSSR count). The molecule has 7 heteroatoms. The van der Waals surface area contributed by atoms with E-state index in [9.17, 15) is 4.79 Å². The molecular weight excluding hydrogens is 230 g/mol. The first-order valence-corrected chi connectivity index (χ1v) is 3.96. The number of aliphatic hydroxyl groups is 2. The highest BCUT2D eigenvalue weighted by Crippen LogP contribution is 2.38. The molecular formula is C5H7Cl3O4. The van der Waals surface area contributed by atoms with Gasteiger partial charge in [-0.25, -0.2) is 0 Å². The molecule has 0 fully saturated rings. The zero-order valence-electron chi connectivity index (χ0n) is 6.05. The molecule has 12 heavy (non-hydrogen) atoms. The van der Waals surface area contributed by atoms with Crippen molar-refractivity contribution in [3.8, 4) is 0 Å². The van der Waals surface area contributed by atoms with Crippen molar-refractivity contribution in [1.82, 2.24) is 0 Å². The standard InChI is InChI=1S/C5H7Cl3O4/c1-3(10)12-5(7,8)4(6,11)2-9/h9,11H,2H2,1H3. The minimum absolute atomic E-state index is 0.826. The number of halogens is 3. The summed E-state index contributed by atoms with van der Waals surface area (Å²) in [5.41, 5.74) is 0. The monoisotopic (exact) mass is 236 g/mol. The zero-order chi connectivity index (χ0) is 9.99. The van der Waals surface area contributed by atoms with E-state index in [1.165, 1.54) is 0 Å². The highest BCUT2D eigenvalue weighted by Gasteiger charge is 2.50. The SMILES string of the molecule is CC(=O)OC(Cl)(Cl)C(O)(Cl)CO. The van der Waals surface area contributed by atoms with Crippen molar-refractivity contribution in [2.75, 3.05) is 6.61 Å². The number of alkyl halides is 3. The van der Waals surface area contributed by atoms with Gasteiger partial charge in [0.05, 0.1) is 6.61 Å². The molecule has 0 saturated heterocycles. The fourth-order valence-electron chi connectivity index (χ4n) is 0.351. The number of hydrogen-bond acceptors (Lipinski definition) is 4. The van der Waals surface area contributed by atoms with Crippen molar-refractivity contribution >= 4 is 40.8 Å². The minimum atomic E-state index is -2.41. The number of aliphatic hydroxyl groups excluding tert-OH is 1. The van der Waals surface area contributed by atoms with Crippen LogP contribution in [0.3, 0.4) is 0 Å². The zero-order valence-corrected chi connectivity index (χ0v) is 8.32. The van der Waals surface area contributed by atoms with Gasteiger partial charge in [0.1, 0.15) is 0 Å². The van der Waals surface area contributed by atoms with Gasteiger partial charge in [-0.15, -0.1) is 0 Å². The molecule has 0 aromatic rings. The maximum atomic E-state index is 10.4. The van der Waals surface area contributed by atoms with E-state index in [1.54, 1.807) is 0 Å². The number of rotatable bonds is 3. The fourth-order valence-corrected chi connectivity index (χ4v) is 0.726. The van der Waals surface area contributed by atoms with E-state index in [4.69, 9.17) is 45.0 Å². The Morgan fingerprint density at radius 1 is 1.50 bits per heavy atom.